The van der Waals surface area contributed by atoms with E-state index in [2.05, 4.69) is 10.6 Å². The summed E-state index contributed by atoms with van der Waals surface area (Å²) in [5.74, 6) is -2.19. The summed E-state index contributed by atoms with van der Waals surface area (Å²) in [6.45, 7) is -0.206. The molecule has 7 heteroatoms. The Labute approximate surface area is 121 Å². The number of carboxylic acid groups (broad SMARTS) is 1. The molecule has 1 aromatic rings. The molecule has 0 radical (unpaired) electrons. The molecule has 114 valence electrons. The summed E-state index contributed by atoms with van der Waals surface area (Å²) in [5.41, 5.74) is 0. The van der Waals surface area contributed by atoms with Crippen molar-refractivity contribution in [1.82, 2.24) is 10.6 Å². The van der Waals surface area contributed by atoms with Crippen molar-refractivity contribution < 1.29 is 23.9 Å². The minimum atomic E-state index is -0.889. The number of nitrogens with one attached hydrogen (secondary N) is 2. The molecule has 7 nitrogen and oxygen atoms in total. The van der Waals surface area contributed by atoms with Gasteiger partial charge in [-0.05, 0) is 25.0 Å². The van der Waals surface area contributed by atoms with Gasteiger partial charge in [-0.1, -0.05) is 12.8 Å². The van der Waals surface area contributed by atoms with Gasteiger partial charge in [0.25, 0.3) is 5.91 Å². The predicted molar refractivity (Wildman–Crippen MR) is 72.6 cm³/mol. The number of carbonyl (C=O) groups is 3. The van der Waals surface area contributed by atoms with Crippen LogP contribution in [-0.2, 0) is 9.59 Å². The number of hydrogen-bond donors (Lipinski definition) is 3. The zero-order valence-corrected chi connectivity index (χ0v) is 11.5. The number of hydrogen-bond acceptors (Lipinski definition) is 4. The molecule has 0 spiro atoms. The second-order valence-corrected chi connectivity index (χ2v) is 5.06. The summed E-state index contributed by atoms with van der Waals surface area (Å²) < 4.78 is 4.90. The topological polar surface area (TPSA) is 109 Å². The Balaban J connectivity index is 1.81. The van der Waals surface area contributed by atoms with E-state index in [4.69, 9.17) is 9.52 Å². The average molecular weight is 294 g/mol. The van der Waals surface area contributed by atoms with Crippen LogP contribution in [0.15, 0.2) is 22.8 Å². The Morgan fingerprint density at radius 3 is 2.71 bits per heavy atom. The van der Waals surface area contributed by atoms with Crippen LogP contribution in [-0.4, -0.2) is 35.5 Å². The maximum absolute atomic E-state index is 11.8. The molecule has 0 aromatic carbocycles. The molecule has 1 heterocycles. The van der Waals surface area contributed by atoms with Crippen LogP contribution in [0.4, 0.5) is 0 Å². The van der Waals surface area contributed by atoms with Crippen molar-refractivity contribution >= 4 is 17.8 Å². The summed E-state index contributed by atoms with van der Waals surface area (Å²) in [4.78, 5) is 34.5. The van der Waals surface area contributed by atoms with E-state index in [1.807, 2.05) is 0 Å². The fourth-order valence-corrected chi connectivity index (χ4v) is 2.51. The molecule has 1 aliphatic rings. The largest absolute Gasteiger partial charge is 0.481 e. The van der Waals surface area contributed by atoms with Gasteiger partial charge < -0.3 is 20.2 Å². The molecule has 2 atom stereocenters. The van der Waals surface area contributed by atoms with Gasteiger partial charge in [-0.2, -0.15) is 0 Å². The first-order chi connectivity index (χ1) is 10.1. The van der Waals surface area contributed by atoms with Crippen LogP contribution < -0.4 is 10.6 Å². The third kappa shape index (κ3) is 4.08. The first-order valence-corrected chi connectivity index (χ1v) is 6.92. The quantitative estimate of drug-likeness (QED) is 0.743. The van der Waals surface area contributed by atoms with Crippen molar-refractivity contribution in [3.05, 3.63) is 24.2 Å². The minimum Gasteiger partial charge on any atom is -0.481 e. The fraction of sp³-hybridized carbons (Fsp3) is 0.500. The molecule has 1 fully saturated rings. The lowest BCUT2D eigenvalue weighted by molar-refractivity contribution is -0.144. The molecule has 2 unspecified atom stereocenters. The van der Waals surface area contributed by atoms with Crippen LogP contribution in [0.25, 0.3) is 0 Å². The van der Waals surface area contributed by atoms with Crippen LogP contribution >= 0.6 is 0 Å². The highest BCUT2D eigenvalue weighted by molar-refractivity contribution is 5.94. The first kappa shape index (κ1) is 15.1. The summed E-state index contributed by atoms with van der Waals surface area (Å²) in [7, 11) is 0. The zero-order valence-electron chi connectivity index (χ0n) is 11.5. The number of aliphatic carboxylic acids is 1. The molecule has 1 saturated carbocycles. The highest BCUT2D eigenvalue weighted by Gasteiger charge is 2.31. The van der Waals surface area contributed by atoms with Gasteiger partial charge in [0.1, 0.15) is 0 Å². The molecular formula is C14H18N2O5. The molecule has 2 amide bonds. The van der Waals surface area contributed by atoms with Gasteiger partial charge in [-0.15, -0.1) is 0 Å². The van der Waals surface area contributed by atoms with E-state index < -0.39 is 23.7 Å². The molecule has 0 saturated heterocycles. The monoisotopic (exact) mass is 294 g/mol. The smallest absolute Gasteiger partial charge is 0.308 e. The van der Waals surface area contributed by atoms with Gasteiger partial charge >= 0.3 is 5.97 Å². The molecule has 0 aliphatic heterocycles. The summed E-state index contributed by atoms with van der Waals surface area (Å²) >= 11 is 0. The summed E-state index contributed by atoms with van der Waals surface area (Å²) in [6, 6.07) is 2.70. The van der Waals surface area contributed by atoms with Crippen LogP contribution in [0.5, 0.6) is 0 Å². The third-order valence-corrected chi connectivity index (χ3v) is 3.58. The summed E-state index contributed by atoms with van der Waals surface area (Å²) in [6.07, 6.45) is 4.34. The lowest BCUT2D eigenvalue weighted by Crippen LogP contribution is -2.48. The van der Waals surface area contributed by atoms with Crippen molar-refractivity contribution in [1.29, 1.82) is 0 Å². The van der Waals surface area contributed by atoms with E-state index in [9.17, 15) is 14.4 Å². The SMILES string of the molecule is O=C(CNC(=O)c1ccco1)NC1CCCCC1C(=O)O. The van der Waals surface area contributed by atoms with E-state index in [0.717, 1.165) is 12.8 Å². The normalized spacial score (nSPS) is 21.5. The van der Waals surface area contributed by atoms with Gasteiger partial charge in [-0.3, -0.25) is 14.4 Å². The lowest BCUT2D eigenvalue weighted by Gasteiger charge is -2.29. The van der Waals surface area contributed by atoms with E-state index in [1.54, 1.807) is 6.07 Å². The van der Waals surface area contributed by atoms with E-state index in [-0.39, 0.29) is 18.3 Å². The highest BCUT2D eigenvalue weighted by atomic mass is 16.4. The molecule has 3 N–H and O–H groups in total. The van der Waals surface area contributed by atoms with Crippen molar-refractivity contribution in [3.8, 4) is 0 Å². The van der Waals surface area contributed by atoms with Gasteiger partial charge in [0.15, 0.2) is 5.76 Å². The van der Waals surface area contributed by atoms with Gasteiger partial charge in [0.05, 0.1) is 18.7 Å². The molecule has 0 bridgehead atoms. The van der Waals surface area contributed by atoms with Crippen LogP contribution in [0.1, 0.15) is 36.2 Å². The summed E-state index contributed by atoms with van der Waals surface area (Å²) in [5, 5.41) is 14.2. The number of carboxylic acids is 1. The lowest BCUT2D eigenvalue weighted by atomic mass is 9.84. The van der Waals surface area contributed by atoms with Gasteiger partial charge in [0, 0.05) is 6.04 Å². The average Bonchev–Trinajstić information content (AvgIpc) is 2.99. The Morgan fingerprint density at radius 2 is 2.05 bits per heavy atom. The van der Waals surface area contributed by atoms with Crippen molar-refractivity contribution in [2.45, 2.75) is 31.7 Å². The van der Waals surface area contributed by atoms with Crippen molar-refractivity contribution in [2.24, 2.45) is 5.92 Å². The number of carbonyl (C=O) groups excluding carboxylic acids is 2. The van der Waals surface area contributed by atoms with E-state index in [1.165, 1.54) is 12.3 Å². The second kappa shape index (κ2) is 6.92. The molecule has 21 heavy (non-hydrogen) atoms. The molecular weight excluding hydrogens is 276 g/mol. The highest BCUT2D eigenvalue weighted by Crippen LogP contribution is 2.24. The fourth-order valence-electron chi connectivity index (χ4n) is 2.51. The van der Waals surface area contributed by atoms with Gasteiger partial charge in [-0.25, -0.2) is 0 Å². The van der Waals surface area contributed by atoms with Gasteiger partial charge in [0.2, 0.25) is 5.91 Å². The van der Waals surface area contributed by atoms with E-state index >= 15 is 0 Å². The van der Waals surface area contributed by atoms with Crippen molar-refractivity contribution in [2.75, 3.05) is 6.54 Å². The van der Waals surface area contributed by atoms with Crippen LogP contribution in [0.2, 0.25) is 0 Å². The predicted octanol–water partition coefficient (Wildman–Crippen LogP) is 0.769. The molecule has 1 aromatic heterocycles. The van der Waals surface area contributed by atoms with Crippen LogP contribution in [0.3, 0.4) is 0 Å². The Morgan fingerprint density at radius 1 is 1.29 bits per heavy atom. The maximum Gasteiger partial charge on any atom is 0.308 e. The number of amides is 2. The maximum atomic E-state index is 11.8. The molecule has 2 rings (SSSR count). The Kier molecular flexibility index (Phi) is 4.97. The zero-order chi connectivity index (χ0) is 15.2. The third-order valence-electron chi connectivity index (χ3n) is 3.58. The number of rotatable bonds is 5. The first-order valence-electron chi connectivity index (χ1n) is 6.92. The Hall–Kier alpha value is -2.31. The van der Waals surface area contributed by atoms with Crippen LogP contribution in [0, 0.1) is 5.92 Å². The standard InChI is InChI=1S/C14H18N2O5/c17-12(8-15-13(18)11-6-3-7-21-11)16-10-5-2-1-4-9(10)14(19)20/h3,6-7,9-10H,1-2,4-5,8H2,(H,15,18)(H,16,17)(H,19,20). The molecule has 1 aliphatic carbocycles. The van der Waals surface area contributed by atoms with Crippen molar-refractivity contribution in [3.63, 3.8) is 0 Å². The Bertz CT molecular complexity index is 511. The number of furan rings is 1. The second-order valence-electron chi connectivity index (χ2n) is 5.06. The minimum absolute atomic E-state index is 0.129. The van der Waals surface area contributed by atoms with E-state index in [0.29, 0.717) is 12.8 Å².